The Hall–Kier alpha value is -2.80. The van der Waals surface area contributed by atoms with Crippen LogP contribution in [0.3, 0.4) is 0 Å². The molecule has 0 saturated heterocycles. The molecule has 144 valence electrons. The second kappa shape index (κ2) is 9.78. The summed E-state index contributed by atoms with van der Waals surface area (Å²) in [5.74, 6) is -0.645. The van der Waals surface area contributed by atoms with E-state index in [9.17, 15) is 14.0 Å². The van der Waals surface area contributed by atoms with E-state index in [1.807, 2.05) is 12.1 Å². The van der Waals surface area contributed by atoms with Crippen LogP contribution in [0.4, 0.5) is 4.39 Å². The van der Waals surface area contributed by atoms with Crippen molar-refractivity contribution in [3.05, 3.63) is 58.4 Å². The van der Waals surface area contributed by atoms with Crippen LogP contribution in [-0.4, -0.2) is 39.1 Å². The van der Waals surface area contributed by atoms with Crippen LogP contribution < -0.4 is 20.1 Å². The van der Waals surface area contributed by atoms with E-state index < -0.39 is 17.6 Å². The molecular weight excluding hydrogens is 375 g/mol. The molecule has 0 atom stereocenters. The molecule has 6 nitrogen and oxygen atoms in total. The average molecular weight is 395 g/mol. The summed E-state index contributed by atoms with van der Waals surface area (Å²) < 4.78 is 24.1. The second-order valence-electron chi connectivity index (χ2n) is 5.57. The van der Waals surface area contributed by atoms with Gasteiger partial charge in [-0.25, -0.2) is 4.39 Å². The van der Waals surface area contributed by atoms with Crippen LogP contribution in [0.5, 0.6) is 11.5 Å². The largest absolute Gasteiger partial charge is 0.493 e. The maximum absolute atomic E-state index is 13.7. The van der Waals surface area contributed by atoms with Gasteiger partial charge >= 0.3 is 0 Å². The zero-order chi connectivity index (χ0) is 19.8. The van der Waals surface area contributed by atoms with Gasteiger partial charge in [0.15, 0.2) is 11.5 Å². The standard InChI is InChI=1S/C19H20ClFN2O4/c1-26-15-7-6-12(10-16(15)27-2)8-9-22-17(24)11-23-19(25)18-13(20)4-3-5-14(18)21/h3-7,10H,8-9,11H2,1-2H3,(H,22,24)(H,23,25). The molecule has 0 aliphatic carbocycles. The van der Waals surface area contributed by atoms with E-state index in [1.54, 1.807) is 20.3 Å². The SMILES string of the molecule is COc1ccc(CCNC(=O)CNC(=O)c2c(F)cccc2Cl)cc1OC. The van der Waals surface area contributed by atoms with Gasteiger partial charge in [-0.05, 0) is 36.2 Å². The lowest BCUT2D eigenvalue weighted by Crippen LogP contribution is -2.38. The third kappa shape index (κ3) is 5.59. The lowest BCUT2D eigenvalue weighted by atomic mass is 10.1. The summed E-state index contributed by atoms with van der Waals surface area (Å²) >= 11 is 5.82. The van der Waals surface area contributed by atoms with Crippen molar-refractivity contribution in [1.29, 1.82) is 0 Å². The van der Waals surface area contributed by atoms with Crippen molar-refractivity contribution < 1.29 is 23.5 Å². The Morgan fingerprint density at radius 3 is 2.48 bits per heavy atom. The van der Waals surface area contributed by atoms with E-state index in [-0.39, 0.29) is 17.1 Å². The van der Waals surface area contributed by atoms with Crippen molar-refractivity contribution in [3.63, 3.8) is 0 Å². The van der Waals surface area contributed by atoms with Crippen molar-refractivity contribution in [3.8, 4) is 11.5 Å². The molecule has 0 radical (unpaired) electrons. The normalized spacial score (nSPS) is 10.2. The van der Waals surface area contributed by atoms with Crippen molar-refractivity contribution in [2.24, 2.45) is 0 Å². The van der Waals surface area contributed by atoms with E-state index in [4.69, 9.17) is 21.1 Å². The lowest BCUT2D eigenvalue weighted by Gasteiger charge is -2.11. The Bertz CT molecular complexity index is 809. The van der Waals surface area contributed by atoms with Gasteiger partial charge < -0.3 is 20.1 Å². The van der Waals surface area contributed by atoms with E-state index in [2.05, 4.69) is 10.6 Å². The van der Waals surface area contributed by atoms with Gasteiger partial charge in [0.1, 0.15) is 5.82 Å². The van der Waals surface area contributed by atoms with Gasteiger partial charge in [0.2, 0.25) is 5.91 Å². The number of nitrogens with one attached hydrogen (secondary N) is 2. The molecule has 0 aliphatic heterocycles. The molecule has 0 saturated carbocycles. The topological polar surface area (TPSA) is 76.7 Å². The quantitative estimate of drug-likeness (QED) is 0.721. The minimum Gasteiger partial charge on any atom is -0.493 e. The number of hydrogen-bond donors (Lipinski definition) is 2. The van der Waals surface area contributed by atoms with Gasteiger partial charge in [-0.2, -0.15) is 0 Å². The molecular formula is C19H20ClFN2O4. The Kier molecular flexibility index (Phi) is 7.43. The zero-order valence-electron chi connectivity index (χ0n) is 15.0. The van der Waals surface area contributed by atoms with Gasteiger partial charge in [-0.3, -0.25) is 9.59 Å². The molecule has 0 heterocycles. The van der Waals surface area contributed by atoms with E-state index in [0.29, 0.717) is 24.5 Å². The predicted molar refractivity (Wildman–Crippen MR) is 100 cm³/mol. The highest BCUT2D eigenvalue weighted by Gasteiger charge is 2.16. The first-order chi connectivity index (χ1) is 13.0. The minimum atomic E-state index is -0.742. The molecule has 8 heteroatoms. The third-order valence-corrected chi connectivity index (χ3v) is 4.10. The first-order valence-electron chi connectivity index (χ1n) is 8.16. The maximum Gasteiger partial charge on any atom is 0.256 e. The summed E-state index contributed by atoms with van der Waals surface area (Å²) in [5.41, 5.74) is 0.674. The smallest absolute Gasteiger partial charge is 0.256 e. The minimum absolute atomic E-state index is 0.0126. The number of carbonyl (C=O) groups excluding carboxylic acids is 2. The number of ether oxygens (including phenoxy) is 2. The number of amides is 2. The summed E-state index contributed by atoms with van der Waals surface area (Å²) in [7, 11) is 3.11. The lowest BCUT2D eigenvalue weighted by molar-refractivity contribution is -0.120. The highest BCUT2D eigenvalue weighted by Crippen LogP contribution is 2.27. The summed E-state index contributed by atoms with van der Waals surface area (Å²) in [5, 5.41) is 5.02. The molecule has 2 amide bonds. The van der Waals surface area contributed by atoms with Crippen LogP contribution in [0, 0.1) is 5.82 Å². The molecule has 0 fully saturated rings. The highest BCUT2D eigenvalue weighted by atomic mass is 35.5. The molecule has 2 aromatic carbocycles. The fraction of sp³-hybridized carbons (Fsp3) is 0.263. The number of halogens is 2. The van der Waals surface area contributed by atoms with Gasteiger partial charge in [0, 0.05) is 6.54 Å². The summed E-state index contributed by atoms with van der Waals surface area (Å²) in [6.45, 7) is 0.0834. The number of hydrogen-bond acceptors (Lipinski definition) is 4. The number of benzene rings is 2. The Morgan fingerprint density at radius 2 is 1.81 bits per heavy atom. The monoisotopic (exact) mass is 394 g/mol. The predicted octanol–water partition coefficient (Wildman–Crippen LogP) is 2.58. The van der Waals surface area contributed by atoms with Crippen molar-refractivity contribution >= 4 is 23.4 Å². The van der Waals surface area contributed by atoms with Crippen LogP contribution in [0.15, 0.2) is 36.4 Å². The Labute approximate surface area is 161 Å². The first-order valence-corrected chi connectivity index (χ1v) is 8.54. The van der Waals surface area contributed by atoms with Gasteiger partial charge in [0.05, 0.1) is 31.4 Å². The molecule has 0 bridgehead atoms. The van der Waals surface area contributed by atoms with Crippen molar-refractivity contribution in [2.45, 2.75) is 6.42 Å². The summed E-state index contributed by atoms with van der Waals surface area (Å²) in [4.78, 5) is 23.8. The van der Waals surface area contributed by atoms with Crippen molar-refractivity contribution in [1.82, 2.24) is 10.6 Å². The third-order valence-electron chi connectivity index (χ3n) is 3.78. The van der Waals surface area contributed by atoms with Crippen LogP contribution >= 0.6 is 11.6 Å². The molecule has 27 heavy (non-hydrogen) atoms. The fourth-order valence-corrected chi connectivity index (χ4v) is 2.66. The molecule has 2 rings (SSSR count). The molecule has 0 unspecified atom stereocenters. The van der Waals surface area contributed by atoms with Crippen molar-refractivity contribution in [2.75, 3.05) is 27.3 Å². The molecule has 2 aromatic rings. The van der Waals surface area contributed by atoms with Crippen LogP contribution in [0.2, 0.25) is 5.02 Å². The Morgan fingerprint density at radius 1 is 1.07 bits per heavy atom. The highest BCUT2D eigenvalue weighted by molar-refractivity contribution is 6.33. The van der Waals surface area contributed by atoms with Gasteiger partial charge in [-0.1, -0.05) is 23.7 Å². The van der Waals surface area contributed by atoms with Crippen LogP contribution in [-0.2, 0) is 11.2 Å². The summed E-state index contributed by atoms with van der Waals surface area (Å²) in [6.07, 6.45) is 0.569. The van der Waals surface area contributed by atoms with Gasteiger partial charge in [-0.15, -0.1) is 0 Å². The first kappa shape index (κ1) is 20.5. The van der Waals surface area contributed by atoms with E-state index >= 15 is 0 Å². The molecule has 0 aliphatic rings. The molecule has 0 aromatic heterocycles. The number of rotatable bonds is 8. The number of carbonyl (C=O) groups is 2. The second-order valence-corrected chi connectivity index (χ2v) is 5.98. The number of methoxy groups -OCH3 is 2. The van der Waals surface area contributed by atoms with Gasteiger partial charge in [0.25, 0.3) is 5.91 Å². The average Bonchev–Trinajstić information content (AvgIpc) is 2.66. The van der Waals surface area contributed by atoms with Crippen LogP contribution in [0.25, 0.3) is 0 Å². The fourth-order valence-electron chi connectivity index (χ4n) is 2.41. The van der Waals surface area contributed by atoms with E-state index in [0.717, 1.165) is 11.6 Å². The van der Waals surface area contributed by atoms with E-state index in [1.165, 1.54) is 12.1 Å². The molecule has 0 spiro atoms. The zero-order valence-corrected chi connectivity index (χ0v) is 15.7. The summed E-state index contributed by atoms with van der Waals surface area (Å²) in [6, 6.07) is 9.42. The van der Waals surface area contributed by atoms with Crippen LogP contribution in [0.1, 0.15) is 15.9 Å². The maximum atomic E-state index is 13.7. The molecule has 2 N–H and O–H groups in total. The Balaban J connectivity index is 1.81.